The van der Waals surface area contributed by atoms with Gasteiger partial charge in [0.2, 0.25) is 0 Å². The van der Waals surface area contributed by atoms with Crippen LogP contribution in [0, 0.1) is 11.3 Å². The molecule has 68 valence electrons. The molecule has 0 fully saturated rings. The summed E-state index contributed by atoms with van der Waals surface area (Å²) in [6, 6.07) is 1.62. The number of phosphoric ester groups is 1. The Balaban J connectivity index is 3.91. The Kier molecular flexibility index (Phi) is 4.74. The number of nitriles is 1. The molecule has 0 aromatic carbocycles. The second kappa shape index (κ2) is 5.04. The first-order chi connectivity index (χ1) is 5.49. The molecule has 0 saturated carbocycles. The first kappa shape index (κ1) is 11.3. The third-order valence-electron chi connectivity index (χ3n) is 0.886. The van der Waals surface area contributed by atoms with Crippen molar-refractivity contribution in [2.45, 2.75) is 0 Å². The third kappa shape index (κ3) is 6.04. The van der Waals surface area contributed by atoms with Crippen molar-refractivity contribution in [2.75, 3.05) is 13.2 Å². The Hall–Kier alpha value is -0.700. The summed E-state index contributed by atoms with van der Waals surface area (Å²) in [7, 11) is -4.48. The molecule has 0 aliphatic rings. The standard InChI is InChI=1S/C5H8NO5P/c6-3-5(4-7)1-2-11-12(8,9)10/h1,7H,2,4H2,(H2,8,9,10)/b5-1+. The summed E-state index contributed by atoms with van der Waals surface area (Å²) in [5.41, 5.74) is 0.00319. The van der Waals surface area contributed by atoms with Gasteiger partial charge in [-0.2, -0.15) is 5.26 Å². The fourth-order valence-corrected chi connectivity index (χ4v) is 0.649. The number of aliphatic hydroxyl groups excluding tert-OH is 1. The molecule has 0 atom stereocenters. The summed E-state index contributed by atoms with van der Waals surface area (Å²) in [6.07, 6.45) is 1.10. The number of nitrogens with zero attached hydrogens (tertiary/aromatic N) is 1. The molecule has 0 saturated heterocycles. The molecule has 0 unspecified atom stereocenters. The number of hydrogen-bond donors (Lipinski definition) is 3. The van der Waals surface area contributed by atoms with Gasteiger partial charge < -0.3 is 14.9 Å². The van der Waals surface area contributed by atoms with Crippen LogP contribution in [0.2, 0.25) is 0 Å². The Morgan fingerprint density at radius 3 is 2.58 bits per heavy atom. The van der Waals surface area contributed by atoms with Gasteiger partial charge >= 0.3 is 7.82 Å². The van der Waals surface area contributed by atoms with Crippen LogP contribution in [0.1, 0.15) is 0 Å². The molecule has 0 aromatic heterocycles. The second-order valence-corrected chi connectivity index (χ2v) is 3.02. The number of rotatable bonds is 4. The number of hydrogen-bond acceptors (Lipinski definition) is 4. The SMILES string of the molecule is N#C/C(=C\COP(=O)(O)O)CO. The zero-order chi connectivity index (χ0) is 9.61. The maximum absolute atomic E-state index is 10.1. The van der Waals surface area contributed by atoms with Crippen LogP contribution in [0.5, 0.6) is 0 Å². The molecule has 0 radical (unpaired) electrons. The van der Waals surface area contributed by atoms with Gasteiger partial charge in [0.05, 0.1) is 24.9 Å². The Bertz CT molecular complexity index is 249. The highest BCUT2D eigenvalue weighted by Crippen LogP contribution is 2.35. The van der Waals surface area contributed by atoms with E-state index in [1.165, 1.54) is 0 Å². The van der Waals surface area contributed by atoms with E-state index in [0.717, 1.165) is 6.08 Å². The summed E-state index contributed by atoms with van der Waals surface area (Å²) >= 11 is 0. The maximum atomic E-state index is 10.1. The van der Waals surface area contributed by atoms with Gasteiger partial charge in [0, 0.05) is 0 Å². The molecule has 0 aliphatic heterocycles. The average molecular weight is 193 g/mol. The third-order valence-corrected chi connectivity index (χ3v) is 1.37. The highest BCUT2D eigenvalue weighted by molar-refractivity contribution is 7.46. The first-order valence-electron chi connectivity index (χ1n) is 2.89. The molecule has 3 N–H and O–H groups in total. The summed E-state index contributed by atoms with van der Waals surface area (Å²) in [6.45, 7) is -0.866. The molecule has 6 nitrogen and oxygen atoms in total. The maximum Gasteiger partial charge on any atom is 0.469 e. The van der Waals surface area contributed by atoms with E-state index in [1.807, 2.05) is 0 Å². The summed E-state index contributed by atoms with van der Waals surface area (Å²) in [4.78, 5) is 16.4. The van der Waals surface area contributed by atoms with Crippen LogP contribution in [-0.4, -0.2) is 28.1 Å². The van der Waals surface area contributed by atoms with Crippen molar-refractivity contribution < 1.29 is 24.0 Å². The smallest absolute Gasteiger partial charge is 0.391 e. The lowest BCUT2D eigenvalue weighted by molar-refractivity contribution is 0.215. The van der Waals surface area contributed by atoms with Crippen molar-refractivity contribution in [2.24, 2.45) is 0 Å². The van der Waals surface area contributed by atoms with Gasteiger partial charge in [0.1, 0.15) is 0 Å². The summed E-state index contributed by atoms with van der Waals surface area (Å²) in [5.74, 6) is 0. The van der Waals surface area contributed by atoms with Gasteiger partial charge in [0.15, 0.2) is 0 Å². The molecule has 0 heterocycles. The first-order valence-corrected chi connectivity index (χ1v) is 4.42. The van der Waals surface area contributed by atoms with E-state index in [1.54, 1.807) is 6.07 Å². The van der Waals surface area contributed by atoms with E-state index in [0.29, 0.717) is 0 Å². The Labute approximate surface area is 68.9 Å². The van der Waals surface area contributed by atoms with Crippen molar-refractivity contribution in [3.8, 4) is 6.07 Å². The zero-order valence-electron chi connectivity index (χ0n) is 6.04. The minimum atomic E-state index is -4.48. The molecule has 0 amide bonds. The number of phosphoric acid groups is 1. The lowest BCUT2D eigenvalue weighted by Crippen LogP contribution is -1.92. The van der Waals surface area contributed by atoms with Crippen LogP contribution in [0.4, 0.5) is 0 Å². The topological polar surface area (TPSA) is 111 Å². The minimum absolute atomic E-state index is 0.00319. The van der Waals surface area contributed by atoms with Gasteiger partial charge in [-0.3, -0.25) is 4.52 Å². The summed E-state index contributed by atoms with van der Waals surface area (Å²) < 4.78 is 14.1. The van der Waals surface area contributed by atoms with Gasteiger partial charge in [-0.25, -0.2) is 4.57 Å². The van der Waals surface area contributed by atoms with E-state index < -0.39 is 21.0 Å². The monoisotopic (exact) mass is 193 g/mol. The van der Waals surface area contributed by atoms with E-state index in [9.17, 15) is 4.57 Å². The second-order valence-electron chi connectivity index (χ2n) is 1.79. The fraction of sp³-hybridized carbons (Fsp3) is 0.400. The van der Waals surface area contributed by atoms with Crippen LogP contribution in [0.3, 0.4) is 0 Å². The van der Waals surface area contributed by atoms with Crippen LogP contribution >= 0.6 is 7.82 Å². The molecule has 0 bridgehead atoms. The Morgan fingerprint density at radius 1 is 1.67 bits per heavy atom. The number of aliphatic hydroxyl groups is 1. The highest BCUT2D eigenvalue weighted by atomic mass is 31.2. The van der Waals surface area contributed by atoms with Gasteiger partial charge in [-0.1, -0.05) is 0 Å². The molecule has 12 heavy (non-hydrogen) atoms. The van der Waals surface area contributed by atoms with Crippen LogP contribution in [0.25, 0.3) is 0 Å². The minimum Gasteiger partial charge on any atom is -0.391 e. The lowest BCUT2D eigenvalue weighted by atomic mass is 10.3. The molecular formula is C5H8NO5P. The van der Waals surface area contributed by atoms with E-state index in [-0.39, 0.29) is 5.57 Å². The van der Waals surface area contributed by atoms with E-state index in [2.05, 4.69) is 4.52 Å². The van der Waals surface area contributed by atoms with Crippen LogP contribution < -0.4 is 0 Å². The van der Waals surface area contributed by atoms with Gasteiger partial charge in [-0.15, -0.1) is 0 Å². The van der Waals surface area contributed by atoms with Crippen LogP contribution in [0.15, 0.2) is 11.6 Å². The van der Waals surface area contributed by atoms with Crippen molar-refractivity contribution >= 4 is 7.82 Å². The Morgan fingerprint density at radius 2 is 2.25 bits per heavy atom. The van der Waals surface area contributed by atoms with E-state index in [4.69, 9.17) is 20.2 Å². The normalized spacial score (nSPS) is 12.7. The molecular weight excluding hydrogens is 185 g/mol. The average Bonchev–Trinajstić information content (AvgIpc) is 1.96. The van der Waals surface area contributed by atoms with Gasteiger partial charge in [0.25, 0.3) is 0 Å². The predicted molar refractivity (Wildman–Crippen MR) is 38.8 cm³/mol. The van der Waals surface area contributed by atoms with Crippen LogP contribution in [-0.2, 0) is 9.09 Å². The predicted octanol–water partition coefficient (Wildman–Crippen LogP) is -0.462. The van der Waals surface area contributed by atoms with Crippen molar-refractivity contribution in [3.05, 3.63) is 11.6 Å². The zero-order valence-corrected chi connectivity index (χ0v) is 6.94. The fourth-order valence-electron chi connectivity index (χ4n) is 0.381. The quantitative estimate of drug-likeness (QED) is 0.411. The molecule has 0 rings (SSSR count). The van der Waals surface area contributed by atoms with Crippen molar-refractivity contribution in [1.82, 2.24) is 0 Å². The van der Waals surface area contributed by atoms with Crippen molar-refractivity contribution in [3.63, 3.8) is 0 Å². The molecule has 7 heteroatoms. The lowest BCUT2D eigenvalue weighted by Gasteiger charge is -2.00. The largest absolute Gasteiger partial charge is 0.469 e. The van der Waals surface area contributed by atoms with Crippen molar-refractivity contribution in [1.29, 1.82) is 5.26 Å². The molecule has 0 aliphatic carbocycles. The molecule has 0 aromatic rings. The van der Waals surface area contributed by atoms with Gasteiger partial charge in [-0.05, 0) is 6.08 Å². The van der Waals surface area contributed by atoms with E-state index >= 15 is 0 Å². The summed E-state index contributed by atoms with van der Waals surface area (Å²) in [5, 5.41) is 16.6. The highest BCUT2D eigenvalue weighted by Gasteiger charge is 2.11. The molecule has 0 spiro atoms.